The molecule has 2 fully saturated rings. The second-order valence-corrected chi connectivity index (χ2v) is 6.94. The van der Waals surface area contributed by atoms with Crippen LogP contribution in [0.15, 0.2) is 22.8 Å². The van der Waals surface area contributed by atoms with Gasteiger partial charge in [0.05, 0.1) is 25.5 Å². The molecule has 0 saturated carbocycles. The number of hydrogen-bond acceptors (Lipinski definition) is 4. The van der Waals surface area contributed by atoms with Crippen molar-refractivity contribution < 1.29 is 13.9 Å². The van der Waals surface area contributed by atoms with Crippen molar-refractivity contribution in [2.75, 3.05) is 40.4 Å². The lowest BCUT2D eigenvalue weighted by Gasteiger charge is -2.49. The maximum Gasteiger partial charge on any atom is 0.317 e. The highest BCUT2D eigenvalue weighted by Crippen LogP contribution is 2.41. The van der Waals surface area contributed by atoms with E-state index in [0.717, 1.165) is 51.3 Å². The molecule has 3 heterocycles. The van der Waals surface area contributed by atoms with E-state index in [0.29, 0.717) is 6.61 Å². The second-order valence-electron chi connectivity index (χ2n) is 6.94. The predicted molar refractivity (Wildman–Crippen MR) is 87.1 cm³/mol. The van der Waals surface area contributed by atoms with Gasteiger partial charge in [-0.2, -0.15) is 0 Å². The number of likely N-dealkylation sites (tertiary alicyclic amines) is 1. The smallest absolute Gasteiger partial charge is 0.317 e. The van der Waals surface area contributed by atoms with Gasteiger partial charge in [-0.1, -0.05) is 0 Å². The number of piperidine rings is 1. The van der Waals surface area contributed by atoms with Crippen LogP contribution in [0.1, 0.15) is 25.0 Å². The minimum Gasteiger partial charge on any atom is -0.468 e. The molecule has 6 heteroatoms. The minimum atomic E-state index is -0.0297. The Labute approximate surface area is 137 Å². The van der Waals surface area contributed by atoms with Gasteiger partial charge >= 0.3 is 6.03 Å². The van der Waals surface area contributed by atoms with E-state index in [2.05, 4.69) is 10.2 Å². The second kappa shape index (κ2) is 6.93. The summed E-state index contributed by atoms with van der Waals surface area (Å²) < 4.78 is 11.1. The Hall–Kier alpha value is -1.53. The van der Waals surface area contributed by atoms with E-state index >= 15 is 0 Å². The molecule has 0 aliphatic carbocycles. The van der Waals surface area contributed by atoms with Crippen LogP contribution >= 0.6 is 0 Å². The number of hydrogen-bond donors (Lipinski definition) is 1. The van der Waals surface area contributed by atoms with Crippen molar-refractivity contribution in [2.45, 2.75) is 31.8 Å². The lowest BCUT2D eigenvalue weighted by molar-refractivity contribution is -0.0490. The summed E-state index contributed by atoms with van der Waals surface area (Å²) in [4.78, 5) is 16.1. The highest BCUT2D eigenvalue weighted by molar-refractivity contribution is 5.74. The zero-order valence-electron chi connectivity index (χ0n) is 14.1. The van der Waals surface area contributed by atoms with Crippen molar-refractivity contribution in [3.63, 3.8) is 0 Å². The van der Waals surface area contributed by atoms with Crippen molar-refractivity contribution in [1.82, 2.24) is 15.1 Å². The number of rotatable bonds is 3. The summed E-state index contributed by atoms with van der Waals surface area (Å²) in [6, 6.07) is 4.04. The zero-order chi connectivity index (χ0) is 16.3. The fourth-order valence-corrected chi connectivity index (χ4v) is 3.68. The van der Waals surface area contributed by atoms with Gasteiger partial charge in [0.15, 0.2) is 0 Å². The molecular formula is C17H27N3O3. The van der Waals surface area contributed by atoms with Crippen LogP contribution in [0, 0.1) is 5.41 Å². The van der Waals surface area contributed by atoms with Crippen molar-refractivity contribution in [3.8, 4) is 0 Å². The Morgan fingerprint density at radius 3 is 2.83 bits per heavy atom. The number of carbonyl (C=O) groups excluding carboxylic acids is 1. The van der Waals surface area contributed by atoms with E-state index < -0.39 is 0 Å². The number of ether oxygens (including phenoxy) is 1. The molecule has 6 nitrogen and oxygen atoms in total. The van der Waals surface area contributed by atoms with Crippen LogP contribution in [0.4, 0.5) is 4.79 Å². The molecule has 2 aliphatic rings. The van der Waals surface area contributed by atoms with Crippen molar-refractivity contribution in [3.05, 3.63) is 24.2 Å². The van der Waals surface area contributed by atoms with Gasteiger partial charge in [0.25, 0.3) is 0 Å². The Morgan fingerprint density at radius 2 is 2.17 bits per heavy atom. The van der Waals surface area contributed by atoms with E-state index in [9.17, 15) is 4.79 Å². The monoisotopic (exact) mass is 321 g/mol. The third kappa shape index (κ3) is 3.70. The highest BCUT2D eigenvalue weighted by Gasteiger charge is 2.44. The number of nitrogens with one attached hydrogen (secondary N) is 1. The van der Waals surface area contributed by atoms with Gasteiger partial charge in [0.1, 0.15) is 5.76 Å². The minimum absolute atomic E-state index is 0.0297. The first-order chi connectivity index (χ1) is 11.1. The van der Waals surface area contributed by atoms with Gasteiger partial charge in [-0.25, -0.2) is 4.79 Å². The van der Waals surface area contributed by atoms with E-state index in [4.69, 9.17) is 9.15 Å². The van der Waals surface area contributed by atoms with Gasteiger partial charge in [-0.3, -0.25) is 4.90 Å². The van der Waals surface area contributed by atoms with Gasteiger partial charge < -0.3 is 19.4 Å². The summed E-state index contributed by atoms with van der Waals surface area (Å²) in [6.45, 7) is 4.36. The summed E-state index contributed by atoms with van der Waals surface area (Å²) in [5, 5.41) is 3.16. The maximum atomic E-state index is 12.0. The first-order valence-electron chi connectivity index (χ1n) is 8.39. The molecule has 2 amide bonds. The van der Waals surface area contributed by atoms with Crippen LogP contribution in [0.3, 0.4) is 0 Å². The normalized spacial score (nSPS) is 24.5. The summed E-state index contributed by atoms with van der Waals surface area (Å²) in [5.74, 6) is 1.02. The summed E-state index contributed by atoms with van der Waals surface area (Å²) >= 11 is 0. The number of amides is 2. The molecule has 23 heavy (non-hydrogen) atoms. The van der Waals surface area contributed by atoms with E-state index in [-0.39, 0.29) is 17.5 Å². The van der Waals surface area contributed by atoms with Crippen LogP contribution in [0.25, 0.3) is 0 Å². The van der Waals surface area contributed by atoms with Crippen LogP contribution in [-0.4, -0.2) is 62.3 Å². The van der Waals surface area contributed by atoms with Gasteiger partial charge in [0.2, 0.25) is 0 Å². The number of nitrogens with zero attached hydrogens (tertiary/aromatic N) is 2. The lowest BCUT2D eigenvalue weighted by Crippen LogP contribution is -2.58. The van der Waals surface area contributed by atoms with Gasteiger partial charge in [0, 0.05) is 20.7 Å². The number of carbonyl (C=O) groups is 1. The molecule has 0 radical (unpaired) electrons. The molecule has 1 spiro atoms. The average molecular weight is 321 g/mol. The van der Waals surface area contributed by atoms with Crippen LogP contribution < -0.4 is 5.32 Å². The van der Waals surface area contributed by atoms with Crippen molar-refractivity contribution in [2.24, 2.45) is 5.41 Å². The molecule has 1 aromatic heterocycles. The fourth-order valence-electron chi connectivity index (χ4n) is 3.68. The van der Waals surface area contributed by atoms with Gasteiger partial charge in [-0.05, 0) is 49.9 Å². The summed E-state index contributed by atoms with van der Waals surface area (Å²) in [5.41, 5.74) is 0.170. The molecule has 2 aliphatic heterocycles. The molecule has 0 bridgehead atoms. The molecule has 128 valence electrons. The molecule has 1 atom stereocenters. The average Bonchev–Trinajstić information content (AvgIpc) is 3.05. The molecule has 1 unspecified atom stereocenters. The Morgan fingerprint density at radius 1 is 1.39 bits per heavy atom. The third-order valence-electron chi connectivity index (χ3n) is 5.28. The molecule has 1 aromatic rings. The fraction of sp³-hybridized carbons (Fsp3) is 0.706. The SMILES string of the molecule is CN(C)C(=O)NC1COCCC12CCN(Cc1ccco1)CC2. The van der Waals surface area contributed by atoms with Crippen LogP contribution in [-0.2, 0) is 11.3 Å². The molecule has 0 aromatic carbocycles. The topological polar surface area (TPSA) is 58.0 Å². The molecule has 1 N–H and O–H groups in total. The standard InChI is InChI=1S/C17H27N3O3/c1-19(2)16(21)18-15-13-22-11-7-17(15)5-8-20(9-6-17)12-14-4-3-10-23-14/h3-4,10,15H,5-9,11-13H2,1-2H3,(H,18,21). The zero-order valence-corrected chi connectivity index (χ0v) is 14.1. The Kier molecular flexibility index (Phi) is 4.92. The number of furan rings is 1. The van der Waals surface area contributed by atoms with E-state index in [1.54, 1.807) is 25.3 Å². The molecular weight excluding hydrogens is 294 g/mol. The summed E-state index contributed by atoms with van der Waals surface area (Å²) in [7, 11) is 3.55. The van der Waals surface area contributed by atoms with E-state index in [1.807, 2.05) is 12.1 Å². The highest BCUT2D eigenvalue weighted by atomic mass is 16.5. The summed E-state index contributed by atoms with van der Waals surface area (Å²) in [6.07, 6.45) is 4.94. The van der Waals surface area contributed by atoms with Crippen LogP contribution in [0.5, 0.6) is 0 Å². The van der Waals surface area contributed by atoms with Crippen molar-refractivity contribution >= 4 is 6.03 Å². The van der Waals surface area contributed by atoms with Gasteiger partial charge in [-0.15, -0.1) is 0 Å². The molecule has 3 rings (SSSR count). The largest absolute Gasteiger partial charge is 0.468 e. The first-order valence-corrected chi connectivity index (χ1v) is 8.39. The quantitative estimate of drug-likeness (QED) is 0.924. The van der Waals surface area contributed by atoms with E-state index in [1.165, 1.54) is 0 Å². The Balaban J connectivity index is 1.60. The predicted octanol–water partition coefficient (Wildman–Crippen LogP) is 1.92. The maximum absolute atomic E-state index is 12.0. The third-order valence-corrected chi connectivity index (χ3v) is 5.28. The Bertz CT molecular complexity index is 507. The molecule has 2 saturated heterocycles. The van der Waals surface area contributed by atoms with Crippen LogP contribution in [0.2, 0.25) is 0 Å². The lowest BCUT2D eigenvalue weighted by atomic mass is 9.69. The number of urea groups is 1. The van der Waals surface area contributed by atoms with Crippen molar-refractivity contribution in [1.29, 1.82) is 0 Å². The first kappa shape index (κ1) is 16.3.